The van der Waals surface area contributed by atoms with Crippen LogP contribution in [0.3, 0.4) is 0 Å². The van der Waals surface area contributed by atoms with Gasteiger partial charge in [-0.3, -0.25) is 0 Å². The van der Waals surface area contributed by atoms with Gasteiger partial charge in [-0.1, -0.05) is 6.42 Å². The Morgan fingerprint density at radius 2 is 2.07 bits per heavy atom. The quantitative estimate of drug-likeness (QED) is 0.702. The number of nitrogens with one attached hydrogen (secondary N) is 2. The van der Waals surface area contributed by atoms with E-state index in [0.717, 1.165) is 38.8 Å². The summed E-state index contributed by atoms with van der Waals surface area (Å²) in [6.07, 6.45) is 4.19. The van der Waals surface area contributed by atoms with E-state index in [9.17, 15) is 8.42 Å². The molecule has 2 fully saturated rings. The molecule has 1 saturated heterocycles. The van der Waals surface area contributed by atoms with Gasteiger partial charge in [0.05, 0.1) is 5.75 Å². The molecule has 2 N–H and O–H groups in total. The van der Waals surface area contributed by atoms with Gasteiger partial charge in [0.2, 0.25) is 10.0 Å². The first-order valence-electron chi connectivity index (χ1n) is 5.36. The fraction of sp³-hybridized carbons (Fsp3) is 1.00. The zero-order chi connectivity index (χ0) is 10.0. The van der Waals surface area contributed by atoms with E-state index in [0.29, 0.717) is 11.7 Å². The maximum Gasteiger partial charge on any atom is 0.212 e. The normalized spacial score (nSPS) is 29.0. The van der Waals surface area contributed by atoms with E-state index in [1.165, 1.54) is 0 Å². The van der Waals surface area contributed by atoms with E-state index >= 15 is 0 Å². The molecule has 1 atom stereocenters. The lowest BCUT2D eigenvalue weighted by Gasteiger charge is -2.26. The standard InChI is InChI=1S/C9H18N2O2S/c12-14(13,11-9-2-1-3-9)7-8-4-5-10-6-8/h8-11H,1-7H2. The second kappa shape index (κ2) is 4.16. The first-order chi connectivity index (χ1) is 6.66. The van der Waals surface area contributed by atoms with Crippen molar-refractivity contribution in [2.45, 2.75) is 31.7 Å². The van der Waals surface area contributed by atoms with E-state index < -0.39 is 10.0 Å². The van der Waals surface area contributed by atoms with E-state index in [-0.39, 0.29) is 6.04 Å². The van der Waals surface area contributed by atoms with E-state index in [2.05, 4.69) is 10.0 Å². The fourth-order valence-corrected chi connectivity index (χ4v) is 3.74. The van der Waals surface area contributed by atoms with Crippen LogP contribution in [0.5, 0.6) is 0 Å². The van der Waals surface area contributed by atoms with Crippen molar-refractivity contribution in [1.29, 1.82) is 0 Å². The number of hydrogen-bond acceptors (Lipinski definition) is 3. The van der Waals surface area contributed by atoms with E-state index in [1.54, 1.807) is 0 Å². The molecule has 0 aromatic heterocycles. The monoisotopic (exact) mass is 218 g/mol. The predicted octanol–water partition coefficient (Wildman–Crippen LogP) is 0.0678. The average Bonchev–Trinajstić information content (AvgIpc) is 2.49. The molecule has 1 saturated carbocycles. The van der Waals surface area contributed by atoms with Crippen LogP contribution in [0.1, 0.15) is 25.7 Å². The average molecular weight is 218 g/mol. The summed E-state index contributed by atoms with van der Waals surface area (Å²) in [7, 11) is -3.02. The fourth-order valence-electron chi connectivity index (χ4n) is 2.00. The Morgan fingerprint density at radius 1 is 1.29 bits per heavy atom. The summed E-state index contributed by atoms with van der Waals surface area (Å²) in [5.41, 5.74) is 0. The highest BCUT2D eigenvalue weighted by Crippen LogP contribution is 2.20. The van der Waals surface area contributed by atoms with Gasteiger partial charge in [0.15, 0.2) is 0 Å². The van der Waals surface area contributed by atoms with E-state index in [4.69, 9.17) is 0 Å². The van der Waals surface area contributed by atoms with Crippen LogP contribution < -0.4 is 10.0 Å². The largest absolute Gasteiger partial charge is 0.316 e. The van der Waals surface area contributed by atoms with Gasteiger partial charge in [-0.25, -0.2) is 13.1 Å². The molecule has 0 bridgehead atoms. The Balaban J connectivity index is 1.81. The summed E-state index contributed by atoms with van der Waals surface area (Å²) in [5.74, 6) is 0.615. The van der Waals surface area contributed by atoms with Gasteiger partial charge >= 0.3 is 0 Å². The van der Waals surface area contributed by atoms with Crippen molar-refractivity contribution in [3.05, 3.63) is 0 Å². The molecule has 0 spiro atoms. The molecule has 1 aliphatic carbocycles. The molecule has 82 valence electrons. The SMILES string of the molecule is O=S(=O)(CC1CCNC1)NC1CCC1. The highest BCUT2D eigenvalue weighted by Gasteiger charge is 2.27. The molecule has 1 aliphatic heterocycles. The van der Waals surface area contributed by atoms with E-state index in [1.807, 2.05) is 0 Å². The Kier molecular flexibility index (Phi) is 3.09. The van der Waals surface area contributed by atoms with Crippen molar-refractivity contribution in [3.8, 4) is 0 Å². The van der Waals surface area contributed by atoms with Gasteiger partial charge < -0.3 is 5.32 Å². The van der Waals surface area contributed by atoms with Crippen LogP contribution >= 0.6 is 0 Å². The van der Waals surface area contributed by atoms with Crippen LogP contribution in [-0.4, -0.2) is 33.3 Å². The van der Waals surface area contributed by atoms with Gasteiger partial charge in [0.1, 0.15) is 0 Å². The first-order valence-corrected chi connectivity index (χ1v) is 7.02. The third-order valence-electron chi connectivity index (χ3n) is 3.07. The maximum absolute atomic E-state index is 11.7. The third kappa shape index (κ3) is 2.68. The Hall–Kier alpha value is -0.130. The molecule has 0 aromatic rings. The van der Waals surface area contributed by atoms with Gasteiger partial charge in [0.25, 0.3) is 0 Å². The Morgan fingerprint density at radius 3 is 2.57 bits per heavy atom. The number of sulfonamides is 1. The molecule has 1 unspecified atom stereocenters. The second-order valence-electron chi connectivity index (χ2n) is 4.39. The van der Waals surface area contributed by atoms with Crippen LogP contribution in [0.25, 0.3) is 0 Å². The third-order valence-corrected chi connectivity index (χ3v) is 4.67. The molecule has 0 aromatic carbocycles. The van der Waals surface area contributed by atoms with Crippen molar-refractivity contribution in [3.63, 3.8) is 0 Å². The molecule has 2 aliphatic rings. The van der Waals surface area contributed by atoms with Crippen LogP contribution in [0.15, 0.2) is 0 Å². The van der Waals surface area contributed by atoms with Gasteiger partial charge in [-0.05, 0) is 38.3 Å². The van der Waals surface area contributed by atoms with Gasteiger partial charge in [0, 0.05) is 6.04 Å². The lowest BCUT2D eigenvalue weighted by Crippen LogP contribution is -2.42. The van der Waals surface area contributed by atoms with Crippen molar-refractivity contribution in [2.75, 3.05) is 18.8 Å². The number of rotatable bonds is 4. The number of hydrogen-bond donors (Lipinski definition) is 2. The molecule has 5 heteroatoms. The Labute approximate surface area is 85.5 Å². The first kappa shape index (κ1) is 10.4. The van der Waals surface area contributed by atoms with Crippen LogP contribution in [-0.2, 0) is 10.0 Å². The smallest absolute Gasteiger partial charge is 0.212 e. The minimum atomic E-state index is -3.02. The predicted molar refractivity (Wildman–Crippen MR) is 55.5 cm³/mol. The van der Waals surface area contributed by atoms with Gasteiger partial charge in [-0.15, -0.1) is 0 Å². The molecule has 2 rings (SSSR count). The van der Waals surface area contributed by atoms with Crippen molar-refractivity contribution in [1.82, 2.24) is 10.0 Å². The summed E-state index contributed by atoms with van der Waals surface area (Å²) in [5, 5.41) is 3.18. The zero-order valence-corrected chi connectivity index (χ0v) is 9.15. The minimum absolute atomic E-state index is 0.231. The minimum Gasteiger partial charge on any atom is -0.316 e. The molecule has 1 heterocycles. The summed E-state index contributed by atoms with van der Waals surface area (Å²) in [6, 6.07) is 0.231. The van der Waals surface area contributed by atoms with Crippen molar-refractivity contribution >= 4 is 10.0 Å². The molecule has 0 radical (unpaired) electrons. The summed E-state index contributed by atoms with van der Waals surface area (Å²) >= 11 is 0. The maximum atomic E-state index is 11.7. The molecular formula is C9H18N2O2S. The van der Waals surface area contributed by atoms with Crippen LogP contribution in [0.4, 0.5) is 0 Å². The molecular weight excluding hydrogens is 200 g/mol. The van der Waals surface area contributed by atoms with Crippen LogP contribution in [0, 0.1) is 5.92 Å². The topological polar surface area (TPSA) is 58.2 Å². The van der Waals surface area contributed by atoms with Crippen molar-refractivity contribution < 1.29 is 8.42 Å². The molecule has 14 heavy (non-hydrogen) atoms. The lowest BCUT2D eigenvalue weighted by molar-refractivity contribution is 0.382. The highest BCUT2D eigenvalue weighted by molar-refractivity contribution is 7.89. The molecule has 0 amide bonds. The summed E-state index contributed by atoms with van der Waals surface area (Å²) < 4.78 is 26.1. The Bertz CT molecular complexity index is 279. The van der Waals surface area contributed by atoms with Crippen LogP contribution in [0.2, 0.25) is 0 Å². The summed E-state index contributed by atoms with van der Waals surface area (Å²) in [6.45, 7) is 1.81. The van der Waals surface area contributed by atoms with Crippen molar-refractivity contribution in [2.24, 2.45) is 5.92 Å². The molecule has 4 nitrogen and oxygen atoms in total. The highest BCUT2D eigenvalue weighted by atomic mass is 32.2. The summed E-state index contributed by atoms with van der Waals surface area (Å²) in [4.78, 5) is 0. The van der Waals surface area contributed by atoms with Gasteiger partial charge in [-0.2, -0.15) is 0 Å². The lowest BCUT2D eigenvalue weighted by atomic mass is 9.94. The second-order valence-corrected chi connectivity index (χ2v) is 6.18. The zero-order valence-electron chi connectivity index (χ0n) is 8.33.